The van der Waals surface area contributed by atoms with Crippen LogP contribution in [0.5, 0.6) is 0 Å². The molecule has 2 heteroatoms. The Labute approximate surface area is 102 Å². The molecule has 5 atom stereocenters. The Morgan fingerprint density at radius 1 is 1.00 bits per heavy atom. The van der Waals surface area contributed by atoms with Gasteiger partial charge in [-0.3, -0.25) is 0 Å². The normalized spacial score (nSPS) is 21.2. The highest BCUT2D eigenvalue weighted by molar-refractivity contribution is 4.76. The summed E-state index contributed by atoms with van der Waals surface area (Å²) in [5.41, 5.74) is 6.12. The zero-order valence-corrected chi connectivity index (χ0v) is 12.1. The predicted octanol–water partition coefficient (Wildman–Crippen LogP) is 3.02. The highest BCUT2D eigenvalue weighted by Crippen LogP contribution is 2.27. The molecule has 0 saturated carbocycles. The molecule has 0 aromatic carbocycles. The molecule has 0 aromatic heterocycles. The summed E-state index contributed by atoms with van der Waals surface area (Å²) >= 11 is 0. The molecule has 0 spiro atoms. The molecule has 0 aromatic rings. The van der Waals surface area contributed by atoms with Crippen molar-refractivity contribution in [2.45, 2.75) is 66.0 Å². The van der Waals surface area contributed by atoms with Gasteiger partial charge in [0.2, 0.25) is 0 Å². The van der Waals surface area contributed by atoms with Gasteiger partial charge in [0, 0.05) is 12.1 Å². The average molecular weight is 228 g/mol. The summed E-state index contributed by atoms with van der Waals surface area (Å²) in [6.07, 6.45) is 3.64. The van der Waals surface area contributed by atoms with Gasteiger partial charge in [0.1, 0.15) is 0 Å². The molecule has 0 amide bonds. The molecule has 0 saturated heterocycles. The van der Waals surface area contributed by atoms with Gasteiger partial charge in [-0.2, -0.15) is 0 Å². The Balaban J connectivity index is 4.02. The van der Waals surface area contributed by atoms with Gasteiger partial charge in [0.05, 0.1) is 0 Å². The molecule has 16 heavy (non-hydrogen) atoms. The Morgan fingerprint density at radius 2 is 1.56 bits per heavy atom. The molecule has 4 unspecified atom stereocenters. The summed E-state index contributed by atoms with van der Waals surface area (Å²) in [7, 11) is 2.04. The molecular weight excluding hydrogens is 196 g/mol. The monoisotopic (exact) mass is 228 g/mol. The molecule has 0 aliphatic carbocycles. The molecule has 0 rings (SSSR count). The first-order valence-corrected chi connectivity index (χ1v) is 6.86. The van der Waals surface area contributed by atoms with Crippen LogP contribution in [0.15, 0.2) is 0 Å². The molecule has 3 N–H and O–H groups in total. The summed E-state index contributed by atoms with van der Waals surface area (Å²) in [5, 5.41) is 3.30. The number of nitrogens with two attached hydrogens (primary N) is 1. The van der Waals surface area contributed by atoms with Gasteiger partial charge in [-0.05, 0) is 51.0 Å². The summed E-state index contributed by atoms with van der Waals surface area (Å²) in [4.78, 5) is 0. The third-order valence-electron chi connectivity index (χ3n) is 4.42. The molecule has 98 valence electrons. The van der Waals surface area contributed by atoms with Crippen LogP contribution in [0.2, 0.25) is 0 Å². The lowest BCUT2D eigenvalue weighted by Gasteiger charge is -2.30. The third kappa shape index (κ3) is 5.31. The average Bonchev–Trinajstić information content (AvgIpc) is 2.32. The van der Waals surface area contributed by atoms with Crippen LogP contribution in [0.25, 0.3) is 0 Å². The molecule has 0 fully saturated rings. The maximum atomic E-state index is 6.12. The van der Waals surface area contributed by atoms with E-state index in [1.807, 2.05) is 7.05 Å². The Bertz CT molecular complexity index is 170. The fourth-order valence-electron chi connectivity index (χ4n) is 2.20. The lowest BCUT2D eigenvalue weighted by atomic mass is 9.78. The van der Waals surface area contributed by atoms with Gasteiger partial charge in [0.15, 0.2) is 0 Å². The van der Waals surface area contributed by atoms with Crippen molar-refractivity contribution in [2.75, 3.05) is 7.05 Å². The van der Waals surface area contributed by atoms with E-state index in [1.54, 1.807) is 0 Å². The number of hydrogen-bond acceptors (Lipinski definition) is 2. The van der Waals surface area contributed by atoms with Crippen molar-refractivity contribution in [3.05, 3.63) is 0 Å². The van der Waals surface area contributed by atoms with Crippen LogP contribution in [0.1, 0.15) is 53.9 Å². The second kappa shape index (κ2) is 8.08. The van der Waals surface area contributed by atoms with E-state index in [-0.39, 0.29) is 0 Å². The van der Waals surface area contributed by atoms with E-state index in [2.05, 4.69) is 39.9 Å². The minimum atomic E-state index is 0.360. The Kier molecular flexibility index (Phi) is 8.04. The van der Waals surface area contributed by atoms with E-state index in [1.165, 1.54) is 12.8 Å². The smallest absolute Gasteiger partial charge is 0.00645 e. The first kappa shape index (κ1) is 15.9. The van der Waals surface area contributed by atoms with Crippen molar-refractivity contribution >= 4 is 0 Å². The minimum absolute atomic E-state index is 0.360. The van der Waals surface area contributed by atoms with Crippen LogP contribution in [0.3, 0.4) is 0 Å². The predicted molar refractivity (Wildman–Crippen MR) is 73.5 cm³/mol. The van der Waals surface area contributed by atoms with Gasteiger partial charge < -0.3 is 11.1 Å². The maximum Gasteiger partial charge on any atom is 0.00645 e. The molecule has 0 bridgehead atoms. The van der Waals surface area contributed by atoms with Gasteiger partial charge in [-0.25, -0.2) is 0 Å². The highest BCUT2D eigenvalue weighted by atomic mass is 14.8. The van der Waals surface area contributed by atoms with Crippen molar-refractivity contribution in [1.82, 2.24) is 5.32 Å². The lowest BCUT2D eigenvalue weighted by molar-refractivity contribution is 0.224. The van der Waals surface area contributed by atoms with E-state index in [9.17, 15) is 0 Å². The molecule has 0 heterocycles. The number of nitrogens with one attached hydrogen (secondary N) is 1. The molecular formula is C14H32N2. The van der Waals surface area contributed by atoms with Crippen LogP contribution >= 0.6 is 0 Å². The van der Waals surface area contributed by atoms with Gasteiger partial charge in [-0.15, -0.1) is 0 Å². The second-order valence-electron chi connectivity index (χ2n) is 5.53. The van der Waals surface area contributed by atoms with Crippen LogP contribution in [0.4, 0.5) is 0 Å². The van der Waals surface area contributed by atoms with Crippen molar-refractivity contribution in [3.8, 4) is 0 Å². The number of hydrogen-bond donors (Lipinski definition) is 2. The summed E-state index contributed by atoms with van der Waals surface area (Å²) in [5.74, 6) is 2.12. The zero-order valence-electron chi connectivity index (χ0n) is 12.1. The van der Waals surface area contributed by atoms with Gasteiger partial charge in [-0.1, -0.05) is 27.7 Å². The Morgan fingerprint density at radius 3 is 2.00 bits per heavy atom. The SMILES string of the molecule is CC[C@@H](N)C(C)C(C)C(C)CCC(C)NC. The highest BCUT2D eigenvalue weighted by Gasteiger charge is 2.23. The molecule has 0 aliphatic heterocycles. The zero-order chi connectivity index (χ0) is 12.7. The third-order valence-corrected chi connectivity index (χ3v) is 4.42. The Hall–Kier alpha value is -0.0800. The van der Waals surface area contributed by atoms with Crippen molar-refractivity contribution in [1.29, 1.82) is 0 Å². The minimum Gasteiger partial charge on any atom is -0.327 e. The van der Waals surface area contributed by atoms with E-state index < -0.39 is 0 Å². The lowest BCUT2D eigenvalue weighted by Crippen LogP contribution is -2.34. The first-order valence-electron chi connectivity index (χ1n) is 6.86. The fourth-order valence-corrected chi connectivity index (χ4v) is 2.20. The van der Waals surface area contributed by atoms with Crippen LogP contribution < -0.4 is 11.1 Å². The maximum absolute atomic E-state index is 6.12. The largest absolute Gasteiger partial charge is 0.327 e. The van der Waals surface area contributed by atoms with Crippen LogP contribution in [0, 0.1) is 17.8 Å². The quantitative estimate of drug-likeness (QED) is 0.670. The van der Waals surface area contributed by atoms with Crippen molar-refractivity contribution in [3.63, 3.8) is 0 Å². The molecule has 0 aliphatic rings. The fraction of sp³-hybridized carbons (Fsp3) is 1.00. The topological polar surface area (TPSA) is 38.0 Å². The summed E-state index contributed by atoms with van der Waals surface area (Å²) in [6.45, 7) is 11.5. The van der Waals surface area contributed by atoms with E-state index in [0.717, 1.165) is 18.3 Å². The standard InChI is InChI=1S/C14H32N2/c1-7-14(15)13(5)12(4)10(2)8-9-11(3)16-6/h10-14,16H,7-9,15H2,1-6H3/t10?,11?,12?,13?,14-/m1/s1. The van der Waals surface area contributed by atoms with E-state index in [0.29, 0.717) is 18.0 Å². The van der Waals surface area contributed by atoms with Crippen LogP contribution in [-0.2, 0) is 0 Å². The van der Waals surface area contributed by atoms with E-state index in [4.69, 9.17) is 5.73 Å². The number of rotatable bonds is 8. The van der Waals surface area contributed by atoms with Crippen molar-refractivity contribution < 1.29 is 0 Å². The first-order chi connectivity index (χ1) is 7.43. The second-order valence-corrected chi connectivity index (χ2v) is 5.53. The van der Waals surface area contributed by atoms with Gasteiger partial charge in [0.25, 0.3) is 0 Å². The molecule has 2 nitrogen and oxygen atoms in total. The van der Waals surface area contributed by atoms with E-state index >= 15 is 0 Å². The van der Waals surface area contributed by atoms with Crippen LogP contribution in [-0.4, -0.2) is 19.1 Å². The summed E-state index contributed by atoms with van der Waals surface area (Å²) < 4.78 is 0. The molecule has 0 radical (unpaired) electrons. The summed E-state index contributed by atoms with van der Waals surface area (Å²) in [6, 6.07) is 0.990. The van der Waals surface area contributed by atoms with Gasteiger partial charge >= 0.3 is 0 Å². The van der Waals surface area contributed by atoms with Crippen molar-refractivity contribution in [2.24, 2.45) is 23.5 Å².